The molecular weight excluding hydrogens is 677 g/mol. The number of para-hydroxylation sites is 1. The second-order valence-electron chi connectivity index (χ2n) is 21.2. The number of nitrogens with zero attached hydrogens (tertiary/aromatic N) is 2. The Balaban J connectivity index is 0.917. The van der Waals surface area contributed by atoms with Crippen LogP contribution in [-0.2, 0) is 23.3 Å². The highest BCUT2D eigenvalue weighted by atomic mass is 15.1. The summed E-state index contributed by atoms with van der Waals surface area (Å²) < 4.78 is 2.38. The average Bonchev–Trinajstić information content (AvgIpc) is 3.59. The molecule has 0 N–H and O–H groups in total. The lowest BCUT2D eigenvalue weighted by Gasteiger charge is -2.57. The van der Waals surface area contributed by atoms with Gasteiger partial charge >= 0.3 is 0 Å². The van der Waals surface area contributed by atoms with Gasteiger partial charge in [0.1, 0.15) is 0 Å². The smallest absolute Gasteiger partial charge is 0.0495 e. The third kappa shape index (κ3) is 4.51. The molecule has 282 valence electrons. The second kappa shape index (κ2) is 11.2. The molecule has 2 nitrogen and oxygen atoms in total. The fourth-order valence-corrected chi connectivity index (χ4v) is 15.8. The summed E-state index contributed by atoms with van der Waals surface area (Å²) >= 11 is 0. The minimum absolute atomic E-state index is 0.109. The Labute approximate surface area is 333 Å². The summed E-state index contributed by atoms with van der Waals surface area (Å²) in [5.74, 6) is 5.75. The van der Waals surface area contributed by atoms with E-state index in [0.29, 0.717) is 10.8 Å². The van der Waals surface area contributed by atoms with Crippen molar-refractivity contribution in [3.05, 3.63) is 125 Å². The Bertz CT molecular complexity index is 2420. The molecule has 8 saturated carbocycles. The van der Waals surface area contributed by atoms with E-state index >= 15 is 0 Å². The minimum atomic E-state index is -0.109. The largest absolute Gasteiger partial charge is 0.344 e. The SMILES string of the molecule is Cn1c2ccccc2c2cc3c(cc21)-c1ccc(N(c2ccc(C45CC6CC(CC(C6)C4)C5)cc2)c2ccc(C45CC6CC(CC(C6)C4)C5)cc2)cc1C3(C)C. The normalized spacial score (nSPS) is 32.7. The van der Waals surface area contributed by atoms with E-state index in [2.05, 4.69) is 133 Å². The summed E-state index contributed by atoms with van der Waals surface area (Å²) in [6, 6.07) is 41.4. The molecule has 9 aliphatic rings. The number of aromatic nitrogens is 1. The van der Waals surface area contributed by atoms with Crippen LogP contribution in [-0.4, -0.2) is 4.57 Å². The summed E-state index contributed by atoms with van der Waals surface area (Å²) in [4.78, 5) is 2.58. The first kappa shape index (κ1) is 32.8. The molecule has 0 spiro atoms. The van der Waals surface area contributed by atoms with Crippen LogP contribution in [0.1, 0.15) is 113 Å². The first-order valence-electron chi connectivity index (χ1n) is 22.4. The molecule has 0 amide bonds. The van der Waals surface area contributed by atoms with Crippen molar-refractivity contribution >= 4 is 38.9 Å². The van der Waals surface area contributed by atoms with Crippen molar-refractivity contribution in [3.63, 3.8) is 0 Å². The van der Waals surface area contributed by atoms with Crippen LogP contribution in [0.4, 0.5) is 17.1 Å². The zero-order valence-corrected chi connectivity index (χ0v) is 33.7. The Kier molecular flexibility index (Phi) is 6.56. The zero-order valence-electron chi connectivity index (χ0n) is 33.7. The maximum atomic E-state index is 2.58. The molecule has 1 aromatic heterocycles. The zero-order chi connectivity index (χ0) is 37.1. The van der Waals surface area contributed by atoms with E-state index in [1.165, 1.54) is 138 Å². The van der Waals surface area contributed by atoms with Crippen LogP contribution < -0.4 is 4.90 Å². The van der Waals surface area contributed by atoms with Crippen LogP contribution in [0.25, 0.3) is 32.9 Å². The molecule has 9 aliphatic carbocycles. The van der Waals surface area contributed by atoms with Gasteiger partial charge in [-0.05, 0) is 211 Å². The van der Waals surface area contributed by atoms with E-state index in [1.807, 2.05) is 0 Å². The molecular formula is C54H56N2. The summed E-state index contributed by atoms with van der Waals surface area (Å²) in [6.07, 6.45) is 17.5. The molecule has 1 heterocycles. The van der Waals surface area contributed by atoms with E-state index < -0.39 is 0 Å². The molecule has 0 unspecified atom stereocenters. The molecule has 5 aromatic carbocycles. The van der Waals surface area contributed by atoms with Gasteiger partial charge in [0, 0.05) is 51.3 Å². The van der Waals surface area contributed by atoms with Gasteiger partial charge in [-0.25, -0.2) is 0 Å². The molecule has 15 rings (SSSR count). The van der Waals surface area contributed by atoms with Crippen molar-refractivity contribution in [3.8, 4) is 11.1 Å². The topological polar surface area (TPSA) is 8.17 Å². The van der Waals surface area contributed by atoms with Gasteiger partial charge in [0.2, 0.25) is 0 Å². The standard InChI is InChI=1S/C54H56N2/c1-52(2)48-24-43(16-17-44(48)46-26-51-47(25-49(46)52)45-6-4-5-7-50(45)55(51)3)56(41-12-8-39(9-13-41)53-27-33-18-34(28-53)20-35(19-33)29-53)42-14-10-40(11-15-42)54-30-36-21-37(31-54)23-38(22-36)32-54/h4-17,24-26,33-38H,18-23,27-32H2,1-3H3. The molecule has 0 atom stereocenters. The maximum Gasteiger partial charge on any atom is 0.0495 e. The highest BCUT2D eigenvalue weighted by Gasteiger charge is 2.53. The number of aryl methyl sites for hydroxylation is 1. The van der Waals surface area contributed by atoms with Crippen molar-refractivity contribution in [1.82, 2.24) is 4.57 Å². The number of hydrogen-bond acceptors (Lipinski definition) is 1. The van der Waals surface area contributed by atoms with Gasteiger partial charge in [0.25, 0.3) is 0 Å². The number of benzene rings is 5. The molecule has 8 bridgehead atoms. The van der Waals surface area contributed by atoms with Gasteiger partial charge in [-0.3, -0.25) is 0 Å². The quantitative estimate of drug-likeness (QED) is 0.171. The predicted octanol–water partition coefficient (Wildman–Crippen LogP) is 14.0. The van der Waals surface area contributed by atoms with Crippen molar-refractivity contribution in [2.24, 2.45) is 42.6 Å². The van der Waals surface area contributed by atoms with Crippen LogP contribution in [0.3, 0.4) is 0 Å². The Morgan fingerprint density at radius 2 is 0.929 bits per heavy atom. The molecule has 0 saturated heterocycles. The second-order valence-corrected chi connectivity index (χ2v) is 21.2. The third-order valence-electron chi connectivity index (χ3n) is 17.5. The fraction of sp³-hybridized carbons (Fsp3) is 0.444. The fourth-order valence-electron chi connectivity index (χ4n) is 15.8. The summed E-state index contributed by atoms with van der Waals surface area (Å²) in [7, 11) is 2.22. The van der Waals surface area contributed by atoms with Gasteiger partial charge in [-0.15, -0.1) is 0 Å². The highest BCUT2D eigenvalue weighted by molar-refractivity contribution is 6.10. The van der Waals surface area contributed by atoms with E-state index in [-0.39, 0.29) is 5.41 Å². The summed E-state index contributed by atoms with van der Waals surface area (Å²) in [5, 5.41) is 2.71. The first-order chi connectivity index (χ1) is 27.2. The Morgan fingerprint density at radius 1 is 0.464 bits per heavy atom. The number of rotatable bonds is 5. The average molecular weight is 733 g/mol. The molecule has 56 heavy (non-hydrogen) atoms. The first-order valence-corrected chi connectivity index (χ1v) is 22.4. The van der Waals surface area contributed by atoms with Crippen molar-refractivity contribution in [2.45, 2.75) is 107 Å². The molecule has 6 aromatic rings. The number of anilines is 3. The van der Waals surface area contributed by atoms with Gasteiger partial charge < -0.3 is 9.47 Å². The molecule has 8 fully saturated rings. The number of hydrogen-bond donors (Lipinski definition) is 0. The van der Waals surface area contributed by atoms with Gasteiger partial charge in [-0.2, -0.15) is 0 Å². The molecule has 0 radical (unpaired) electrons. The molecule has 0 aliphatic heterocycles. The van der Waals surface area contributed by atoms with Crippen molar-refractivity contribution < 1.29 is 0 Å². The van der Waals surface area contributed by atoms with Crippen molar-refractivity contribution in [1.29, 1.82) is 0 Å². The highest BCUT2D eigenvalue weighted by Crippen LogP contribution is 2.62. The maximum absolute atomic E-state index is 2.58. The van der Waals surface area contributed by atoms with E-state index in [9.17, 15) is 0 Å². The lowest BCUT2D eigenvalue weighted by molar-refractivity contribution is -0.00529. The Hall–Kier alpha value is -4.30. The summed E-state index contributed by atoms with van der Waals surface area (Å²) in [6.45, 7) is 4.90. The predicted molar refractivity (Wildman–Crippen MR) is 232 cm³/mol. The van der Waals surface area contributed by atoms with E-state index in [0.717, 1.165) is 35.5 Å². The summed E-state index contributed by atoms with van der Waals surface area (Å²) in [5.41, 5.74) is 16.1. The lowest BCUT2D eigenvalue weighted by atomic mass is 9.48. The number of fused-ring (bicyclic) bond motifs is 6. The lowest BCUT2D eigenvalue weighted by Crippen LogP contribution is -2.48. The van der Waals surface area contributed by atoms with Crippen LogP contribution in [0, 0.1) is 35.5 Å². The monoisotopic (exact) mass is 732 g/mol. The third-order valence-corrected chi connectivity index (χ3v) is 17.5. The van der Waals surface area contributed by atoms with E-state index in [1.54, 1.807) is 11.1 Å². The Morgan fingerprint density at radius 3 is 1.45 bits per heavy atom. The van der Waals surface area contributed by atoms with Crippen LogP contribution in [0.2, 0.25) is 0 Å². The van der Waals surface area contributed by atoms with Crippen LogP contribution in [0.5, 0.6) is 0 Å². The van der Waals surface area contributed by atoms with E-state index in [4.69, 9.17) is 0 Å². The van der Waals surface area contributed by atoms with Gasteiger partial charge in [0.05, 0.1) is 0 Å². The van der Waals surface area contributed by atoms with Crippen LogP contribution in [0.15, 0.2) is 103 Å². The van der Waals surface area contributed by atoms with Gasteiger partial charge in [-0.1, -0.05) is 62.4 Å². The van der Waals surface area contributed by atoms with Gasteiger partial charge in [0.15, 0.2) is 0 Å². The van der Waals surface area contributed by atoms with Crippen molar-refractivity contribution in [2.75, 3.05) is 4.90 Å². The minimum Gasteiger partial charge on any atom is -0.344 e. The van der Waals surface area contributed by atoms with Crippen LogP contribution >= 0.6 is 0 Å². The molecule has 2 heteroatoms.